The monoisotopic (exact) mass is 285 g/mol. The number of fused-ring (bicyclic) bond motifs is 1. The molecule has 4 N–H and O–H groups in total. The first-order valence-electron chi connectivity index (χ1n) is 7.19. The Morgan fingerprint density at radius 2 is 2.00 bits per heavy atom. The van der Waals surface area contributed by atoms with Crippen molar-refractivity contribution in [1.29, 1.82) is 0 Å². The van der Waals surface area contributed by atoms with Crippen molar-refractivity contribution in [2.45, 2.75) is 31.2 Å². The number of aromatic nitrogens is 1. The SMILES string of the molecule is NC(=O)c1cc(OCC2(N)CCCC2)nc2ccccc12. The van der Waals surface area contributed by atoms with Gasteiger partial charge in [-0.2, -0.15) is 0 Å². The van der Waals surface area contributed by atoms with E-state index in [9.17, 15) is 4.79 Å². The summed E-state index contributed by atoms with van der Waals surface area (Å²) >= 11 is 0. The third-order valence-electron chi connectivity index (χ3n) is 4.06. The van der Waals surface area contributed by atoms with Crippen molar-refractivity contribution in [3.63, 3.8) is 0 Å². The number of hydrogen-bond donors (Lipinski definition) is 2. The van der Waals surface area contributed by atoms with Gasteiger partial charge in [-0.05, 0) is 18.9 Å². The van der Waals surface area contributed by atoms with E-state index in [0.29, 0.717) is 23.6 Å². The van der Waals surface area contributed by atoms with Crippen molar-refractivity contribution in [3.8, 4) is 5.88 Å². The number of hydrogen-bond acceptors (Lipinski definition) is 4. The van der Waals surface area contributed by atoms with Gasteiger partial charge in [0.2, 0.25) is 11.8 Å². The van der Waals surface area contributed by atoms with E-state index in [2.05, 4.69) is 4.98 Å². The molecule has 1 saturated carbocycles. The molecule has 1 fully saturated rings. The number of nitrogens with zero attached hydrogens (tertiary/aromatic N) is 1. The average Bonchev–Trinajstić information content (AvgIpc) is 2.91. The Morgan fingerprint density at radius 1 is 1.29 bits per heavy atom. The van der Waals surface area contributed by atoms with E-state index in [-0.39, 0.29) is 5.54 Å². The predicted molar refractivity (Wildman–Crippen MR) is 81.1 cm³/mol. The molecule has 0 saturated heterocycles. The van der Waals surface area contributed by atoms with Crippen LogP contribution >= 0.6 is 0 Å². The third kappa shape index (κ3) is 2.83. The van der Waals surface area contributed by atoms with Crippen molar-refractivity contribution < 1.29 is 9.53 Å². The van der Waals surface area contributed by atoms with E-state index in [1.807, 2.05) is 24.3 Å². The third-order valence-corrected chi connectivity index (χ3v) is 4.06. The molecule has 5 nitrogen and oxygen atoms in total. The Balaban J connectivity index is 1.90. The molecule has 1 aromatic heterocycles. The van der Waals surface area contributed by atoms with E-state index in [4.69, 9.17) is 16.2 Å². The molecule has 2 aromatic rings. The number of benzene rings is 1. The van der Waals surface area contributed by atoms with Crippen LogP contribution in [0.1, 0.15) is 36.0 Å². The second kappa shape index (κ2) is 5.33. The molecule has 1 aliphatic carbocycles. The maximum atomic E-state index is 11.6. The van der Waals surface area contributed by atoms with E-state index in [1.165, 1.54) is 0 Å². The molecule has 1 heterocycles. The molecule has 3 rings (SSSR count). The van der Waals surface area contributed by atoms with Gasteiger partial charge in [-0.15, -0.1) is 0 Å². The summed E-state index contributed by atoms with van der Waals surface area (Å²) in [6.07, 6.45) is 4.20. The number of amides is 1. The minimum atomic E-state index is -0.484. The lowest BCUT2D eigenvalue weighted by Gasteiger charge is -2.23. The molecule has 0 aliphatic heterocycles. The van der Waals surface area contributed by atoms with Crippen LogP contribution in [0.15, 0.2) is 30.3 Å². The first-order chi connectivity index (χ1) is 10.1. The number of rotatable bonds is 4. The van der Waals surface area contributed by atoms with Crippen LogP contribution in [-0.2, 0) is 0 Å². The molecule has 1 aliphatic rings. The van der Waals surface area contributed by atoms with Crippen LogP contribution in [-0.4, -0.2) is 23.0 Å². The zero-order valence-electron chi connectivity index (χ0n) is 11.8. The van der Waals surface area contributed by atoms with Crippen LogP contribution in [0.25, 0.3) is 10.9 Å². The molecule has 0 spiro atoms. The topological polar surface area (TPSA) is 91.2 Å². The molecule has 5 heteroatoms. The highest BCUT2D eigenvalue weighted by atomic mass is 16.5. The molecule has 21 heavy (non-hydrogen) atoms. The van der Waals surface area contributed by atoms with Gasteiger partial charge in [0.1, 0.15) is 6.61 Å². The minimum Gasteiger partial charge on any atom is -0.476 e. The van der Waals surface area contributed by atoms with E-state index in [0.717, 1.165) is 31.1 Å². The normalized spacial score (nSPS) is 17.0. The van der Waals surface area contributed by atoms with Crippen LogP contribution in [0.3, 0.4) is 0 Å². The Morgan fingerprint density at radius 3 is 2.71 bits per heavy atom. The fraction of sp³-hybridized carbons (Fsp3) is 0.375. The van der Waals surface area contributed by atoms with Gasteiger partial charge in [0.25, 0.3) is 0 Å². The maximum Gasteiger partial charge on any atom is 0.249 e. The average molecular weight is 285 g/mol. The number of primary amides is 1. The largest absolute Gasteiger partial charge is 0.476 e. The Bertz CT molecular complexity index is 678. The summed E-state index contributed by atoms with van der Waals surface area (Å²) in [4.78, 5) is 16.0. The summed E-state index contributed by atoms with van der Waals surface area (Å²) < 4.78 is 5.75. The highest BCUT2D eigenvalue weighted by Crippen LogP contribution is 2.28. The summed E-state index contributed by atoms with van der Waals surface area (Å²) in [7, 11) is 0. The first-order valence-corrected chi connectivity index (χ1v) is 7.19. The molecule has 0 bridgehead atoms. The summed E-state index contributed by atoms with van der Waals surface area (Å²) in [5, 5.41) is 0.737. The molecule has 1 amide bonds. The summed E-state index contributed by atoms with van der Waals surface area (Å²) in [5.41, 5.74) is 12.6. The van der Waals surface area contributed by atoms with Gasteiger partial charge in [-0.3, -0.25) is 4.79 Å². The second-order valence-electron chi connectivity index (χ2n) is 5.75. The molecule has 0 unspecified atom stereocenters. The minimum absolute atomic E-state index is 0.278. The van der Waals surface area contributed by atoms with E-state index >= 15 is 0 Å². The highest BCUT2D eigenvalue weighted by molar-refractivity contribution is 6.05. The maximum absolute atomic E-state index is 11.6. The van der Waals surface area contributed by atoms with Gasteiger partial charge in [0.15, 0.2) is 0 Å². The fourth-order valence-corrected chi connectivity index (χ4v) is 2.87. The smallest absolute Gasteiger partial charge is 0.249 e. The van der Waals surface area contributed by atoms with Crippen molar-refractivity contribution in [2.24, 2.45) is 11.5 Å². The number of carbonyl (C=O) groups is 1. The van der Waals surface area contributed by atoms with E-state index < -0.39 is 5.91 Å². The van der Waals surface area contributed by atoms with Crippen LogP contribution in [0.2, 0.25) is 0 Å². The molecule has 1 aromatic carbocycles. The highest BCUT2D eigenvalue weighted by Gasteiger charge is 2.30. The standard InChI is InChI=1S/C16H19N3O2/c17-15(20)12-9-14(19-13-6-2-1-5-11(12)13)21-10-16(18)7-3-4-8-16/h1-2,5-6,9H,3-4,7-8,10,18H2,(H2,17,20). The van der Waals surface area contributed by atoms with E-state index in [1.54, 1.807) is 6.07 Å². The second-order valence-corrected chi connectivity index (χ2v) is 5.75. The number of carbonyl (C=O) groups excluding carboxylic acids is 1. The van der Waals surface area contributed by atoms with Crippen LogP contribution < -0.4 is 16.2 Å². The van der Waals surface area contributed by atoms with Crippen molar-refractivity contribution in [1.82, 2.24) is 4.98 Å². The number of ether oxygens (including phenoxy) is 1. The first kappa shape index (κ1) is 13.8. The lowest BCUT2D eigenvalue weighted by Crippen LogP contribution is -2.42. The van der Waals surface area contributed by atoms with Gasteiger partial charge in [-0.1, -0.05) is 31.0 Å². The van der Waals surface area contributed by atoms with Crippen LogP contribution in [0, 0.1) is 0 Å². The number of pyridine rings is 1. The molecular weight excluding hydrogens is 266 g/mol. The van der Waals surface area contributed by atoms with Crippen molar-refractivity contribution in [2.75, 3.05) is 6.61 Å². The number of para-hydroxylation sites is 1. The van der Waals surface area contributed by atoms with Crippen LogP contribution in [0.4, 0.5) is 0 Å². The molecule has 110 valence electrons. The Labute approximate surface area is 123 Å². The molecule has 0 atom stereocenters. The quantitative estimate of drug-likeness (QED) is 0.898. The van der Waals surface area contributed by atoms with Gasteiger partial charge in [0.05, 0.1) is 16.6 Å². The zero-order valence-corrected chi connectivity index (χ0v) is 11.8. The van der Waals surface area contributed by atoms with Gasteiger partial charge in [-0.25, -0.2) is 4.98 Å². The summed E-state index contributed by atoms with van der Waals surface area (Å²) in [6.45, 7) is 0.413. The predicted octanol–water partition coefficient (Wildman–Crippen LogP) is 1.98. The van der Waals surface area contributed by atoms with Crippen molar-refractivity contribution in [3.05, 3.63) is 35.9 Å². The molecular formula is C16H19N3O2. The Kier molecular flexibility index (Phi) is 3.51. The van der Waals surface area contributed by atoms with Crippen LogP contribution in [0.5, 0.6) is 5.88 Å². The summed E-state index contributed by atoms with van der Waals surface area (Å²) in [6, 6.07) is 8.98. The van der Waals surface area contributed by atoms with Crippen molar-refractivity contribution >= 4 is 16.8 Å². The van der Waals surface area contributed by atoms with Gasteiger partial charge >= 0.3 is 0 Å². The fourth-order valence-electron chi connectivity index (χ4n) is 2.87. The van der Waals surface area contributed by atoms with Gasteiger partial charge < -0.3 is 16.2 Å². The lowest BCUT2D eigenvalue weighted by atomic mass is 10.0. The number of nitrogens with two attached hydrogens (primary N) is 2. The molecule has 0 radical (unpaired) electrons. The summed E-state index contributed by atoms with van der Waals surface area (Å²) in [5.74, 6) is -0.0824. The Hall–Kier alpha value is -2.14. The zero-order chi connectivity index (χ0) is 14.9. The lowest BCUT2D eigenvalue weighted by molar-refractivity contribution is 0.100. The van der Waals surface area contributed by atoms with Gasteiger partial charge in [0, 0.05) is 11.5 Å².